The van der Waals surface area contributed by atoms with Crippen molar-refractivity contribution in [1.82, 2.24) is 5.32 Å². The summed E-state index contributed by atoms with van der Waals surface area (Å²) < 4.78 is 15.6. The predicted octanol–water partition coefficient (Wildman–Crippen LogP) is 3.80. The summed E-state index contributed by atoms with van der Waals surface area (Å²) in [5.41, 5.74) is -0.455. The van der Waals surface area contributed by atoms with Crippen LogP contribution in [0.15, 0.2) is 41.3 Å². The minimum atomic E-state index is -0.625. The fourth-order valence-corrected chi connectivity index (χ4v) is 3.24. The summed E-state index contributed by atoms with van der Waals surface area (Å²) in [6.45, 7) is 0.833. The highest BCUT2D eigenvalue weighted by atomic mass is 35.5. The molecule has 0 spiro atoms. The number of thioether (sulfide) groups is 1. The van der Waals surface area contributed by atoms with Gasteiger partial charge in [0.2, 0.25) is 0 Å². The van der Waals surface area contributed by atoms with E-state index >= 15 is 0 Å². The molecule has 0 saturated heterocycles. The van der Waals surface area contributed by atoms with Crippen LogP contribution in [0, 0.1) is 10.1 Å². The van der Waals surface area contributed by atoms with Gasteiger partial charge in [0, 0.05) is 35.4 Å². The van der Waals surface area contributed by atoms with Crippen molar-refractivity contribution >= 4 is 35.0 Å². The maximum absolute atomic E-state index is 12.5. The van der Waals surface area contributed by atoms with Gasteiger partial charge in [0.1, 0.15) is 12.2 Å². The number of nitro benzene ring substituents is 1. The number of amides is 1. The number of nitro groups is 1. The first kappa shape index (κ1) is 22.8. The van der Waals surface area contributed by atoms with Gasteiger partial charge in [-0.2, -0.15) is 0 Å². The third kappa shape index (κ3) is 6.81. The van der Waals surface area contributed by atoms with Crippen molar-refractivity contribution in [2.75, 3.05) is 39.7 Å². The molecule has 0 aliphatic rings. The van der Waals surface area contributed by atoms with Crippen molar-refractivity contribution in [2.24, 2.45) is 0 Å². The van der Waals surface area contributed by atoms with Crippen LogP contribution in [0.3, 0.4) is 0 Å². The monoisotopic (exact) mass is 440 g/mol. The van der Waals surface area contributed by atoms with E-state index in [0.717, 1.165) is 4.90 Å². The molecule has 0 bridgehead atoms. The lowest BCUT2D eigenvalue weighted by molar-refractivity contribution is -0.385. The van der Waals surface area contributed by atoms with Crippen LogP contribution in [0.2, 0.25) is 5.02 Å². The van der Waals surface area contributed by atoms with Gasteiger partial charge in [-0.05, 0) is 24.3 Å². The Morgan fingerprint density at radius 3 is 2.52 bits per heavy atom. The summed E-state index contributed by atoms with van der Waals surface area (Å²) in [7, 11) is 2.91. The van der Waals surface area contributed by atoms with Gasteiger partial charge in [-0.25, -0.2) is 0 Å². The van der Waals surface area contributed by atoms with Crippen LogP contribution >= 0.6 is 23.4 Å². The summed E-state index contributed by atoms with van der Waals surface area (Å²) in [4.78, 5) is 24.3. The van der Waals surface area contributed by atoms with Gasteiger partial charge in [0.25, 0.3) is 11.6 Å². The molecule has 0 fully saturated rings. The second kappa shape index (κ2) is 11.5. The van der Waals surface area contributed by atoms with Gasteiger partial charge in [-0.1, -0.05) is 11.6 Å². The Morgan fingerprint density at radius 2 is 1.90 bits per heavy atom. The van der Waals surface area contributed by atoms with E-state index in [2.05, 4.69) is 5.32 Å². The Kier molecular flexibility index (Phi) is 9.04. The molecule has 29 heavy (non-hydrogen) atoms. The van der Waals surface area contributed by atoms with Gasteiger partial charge in [0.05, 0.1) is 24.7 Å². The number of ether oxygens (including phenoxy) is 3. The standard InChI is InChI=1S/C19H21ClN2O6S/c1-26-8-9-28-18-12-16(22(24)25)15(11-17(18)27-2)19(23)21-7-10-29-14-5-3-13(20)4-6-14/h3-6,11-12H,7-10H2,1-2H3,(H,21,23). The molecule has 0 aromatic heterocycles. The van der Waals surface area contributed by atoms with E-state index in [-0.39, 0.29) is 29.4 Å². The summed E-state index contributed by atoms with van der Waals surface area (Å²) in [6.07, 6.45) is 0. The van der Waals surface area contributed by atoms with E-state index in [1.54, 1.807) is 12.1 Å². The molecule has 0 radical (unpaired) electrons. The molecule has 2 aromatic carbocycles. The molecule has 1 N–H and O–H groups in total. The number of hydrogen-bond acceptors (Lipinski definition) is 7. The molecule has 0 aliphatic heterocycles. The van der Waals surface area contributed by atoms with Crippen molar-refractivity contribution in [3.63, 3.8) is 0 Å². The summed E-state index contributed by atoms with van der Waals surface area (Å²) >= 11 is 7.38. The lowest BCUT2D eigenvalue weighted by atomic mass is 10.1. The lowest BCUT2D eigenvalue weighted by Crippen LogP contribution is -2.26. The molecule has 156 valence electrons. The Morgan fingerprint density at radius 1 is 1.17 bits per heavy atom. The predicted molar refractivity (Wildman–Crippen MR) is 112 cm³/mol. The van der Waals surface area contributed by atoms with Crippen molar-refractivity contribution in [3.05, 3.63) is 57.1 Å². The van der Waals surface area contributed by atoms with Gasteiger partial charge in [-0.3, -0.25) is 14.9 Å². The lowest BCUT2D eigenvalue weighted by Gasteiger charge is -2.13. The molecular formula is C19H21ClN2O6S. The number of rotatable bonds is 11. The minimum Gasteiger partial charge on any atom is -0.493 e. The summed E-state index contributed by atoms with van der Waals surface area (Å²) in [5.74, 6) is 0.435. The van der Waals surface area contributed by atoms with Crippen molar-refractivity contribution in [3.8, 4) is 11.5 Å². The van der Waals surface area contributed by atoms with Crippen LogP contribution < -0.4 is 14.8 Å². The highest BCUT2D eigenvalue weighted by Crippen LogP contribution is 2.34. The third-order valence-electron chi connectivity index (χ3n) is 3.74. The molecule has 1 amide bonds. The highest BCUT2D eigenvalue weighted by Gasteiger charge is 2.24. The quantitative estimate of drug-likeness (QED) is 0.245. The Hall–Kier alpha value is -2.49. The normalized spacial score (nSPS) is 10.4. The van der Waals surface area contributed by atoms with Gasteiger partial charge < -0.3 is 19.5 Å². The highest BCUT2D eigenvalue weighted by molar-refractivity contribution is 7.99. The van der Waals surface area contributed by atoms with Crippen molar-refractivity contribution in [2.45, 2.75) is 4.90 Å². The fraction of sp³-hybridized carbons (Fsp3) is 0.316. The molecule has 0 atom stereocenters. The first-order chi connectivity index (χ1) is 14.0. The molecule has 10 heteroatoms. The molecule has 0 saturated carbocycles. The zero-order valence-electron chi connectivity index (χ0n) is 16.0. The maximum atomic E-state index is 12.5. The molecule has 2 rings (SSSR count). The topological polar surface area (TPSA) is 99.9 Å². The Balaban J connectivity index is 2.05. The summed E-state index contributed by atoms with van der Waals surface area (Å²) in [5, 5.41) is 14.8. The molecule has 2 aromatic rings. The van der Waals surface area contributed by atoms with Crippen LogP contribution in [0.5, 0.6) is 11.5 Å². The van der Waals surface area contributed by atoms with Crippen molar-refractivity contribution < 1.29 is 23.9 Å². The average Bonchev–Trinajstić information content (AvgIpc) is 2.72. The summed E-state index contributed by atoms with van der Waals surface area (Å²) in [6, 6.07) is 9.83. The Bertz CT molecular complexity index is 847. The minimum absolute atomic E-state index is 0.0950. The zero-order valence-corrected chi connectivity index (χ0v) is 17.5. The van der Waals surface area contributed by atoms with Crippen molar-refractivity contribution in [1.29, 1.82) is 0 Å². The SMILES string of the molecule is COCCOc1cc([N+](=O)[O-])c(C(=O)NCCSc2ccc(Cl)cc2)cc1OC. The van der Waals surface area contributed by atoms with Crippen LogP contribution in [0.25, 0.3) is 0 Å². The number of nitrogens with zero attached hydrogens (tertiary/aromatic N) is 1. The molecule has 0 heterocycles. The Labute approximate surface area is 177 Å². The maximum Gasteiger partial charge on any atom is 0.286 e. The van der Waals surface area contributed by atoms with E-state index in [9.17, 15) is 14.9 Å². The molecule has 8 nitrogen and oxygen atoms in total. The third-order valence-corrected chi connectivity index (χ3v) is 5.00. The van der Waals surface area contributed by atoms with Crippen LogP contribution in [-0.2, 0) is 4.74 Å². The number of hydrogen-bond donors (Lipinski definition) is 1. The second-order valence-corrected chi connectivity index (χ2v) is 7.28. The second-order valence-electron chi connectivity index (χ2n) is 5.68. The van der Waals surface area contributed by atoms with E-state index in [4.69, 9.17) is 25.8 Å². The van der Waals surface area contributed by atoms with E-state index in [0.29, 0.717) is 23.9 Å². The van der Waals surface area contributed by atoms with E-state index in [1.165, 1.54) is 38.1 Å². The first-order valence-corrected chi connectivity index (χ1v) is 9.97. The molecule has 0 unspecified atom stereocenters. The number of nitrogens with one attached hydrogen (secondary N) is 1. The average molecular weight is 441 g/mol. The smallest absolute Gasteiger partial charge is 0.286 e. The number of halogens is 1. The number of benzene rings is 2. The van der Waals surface area contributed by atoms with Crippen LogP contribution in [-0.4, -0.2) is 50.6 Å². The largest absolute Gasteiger partial charge is 0.493 e. The van der Waals surface area contributed by atoms with Crippen LogP contribution in [0.4, 0.5) is 5.69 Å². The fourth-order valence-electron chi connectivity index (χ4n) is 2.35. The molecule has 0 aliphatic carbocycles. The number of carbonyl (C=O) groups excluding carboxylic acids is 1. The van der Waals surface area contributed by atoms with Gasteiger partial charge in [0.15, 0.2) is 11.5 Å². The first-order valence-electron chi connectivity index (χ1n) is 8.61. The van der Waals surface area contributed by atoms with Gasteiger partial charge >= 0.3 is 0 Å². The molecular weight excluding hydrogens is 420 g/mol. The van der Waals surface area contributed by atoms with E-state index < -0.39 is 10.8 Å². The van der Waals surface area contributed by atoms with E-state index in [1.807, 2.05) is 12.1 Å². The zero-order chi connectivity index (χ0) is 21.2. The number of carbonyl (C=O) groups is 1. The number of methoxy groups -OCH3 is 2. The van der Waals surface area contributed by atoms with Crippen LogP contribution in [0.1, 0.15) is 10.4 Å². The van der Waals surface area contributed by atoms with Gasteiger partial charge in [-0.15, -0.1) is 11.8 Å².